The average molecular weight is 352 g/mol. The lowest BCUT2D eigenvalue weighted by atomic mass is 10.1. The van der Waals surface area contributed by atoms with Crippen LogP contribution in [0.1, 0.15) is 22.8 Å². The maximum atomic E-state index is 12.5. The van der Waals surface area contributed by atoms with E-state index in [1.807, 2.05) is 31.2 Å². The lowest BCUT2D eigenvalue weighted by molar-refractivity contribution is 0.0950. The molecule has 6 nitrogen and oxygen atoms in total. The van der Waals surface area contributed by atoms with Gasteiger partial charge < -0.3 is 14.5 Å². The number of ether oxygens (including phenoxy) is 1. The Bertz CT molecular complexity index is 1000. The summed E-state index contributed by atoms with van der Waals surface area (Å²) < 4.78 is 12.2. The van der Waals surface area contributed by atoms with Crippen molar-refractivity contribution in [3.63, 3.8) is 0 Å². The lowest BCUT2D eigenvalue weighted by Crippen LogP contribution is -2.23. The van der Waals surface area contributed by atoms with Gasteiger partial charge in [0, 0.05) is 24.2 Å². The van der Waals surface area contributed by atoms with Crippen molar-refractivity contribution in [3.8, 4) is 5.75 Å². The van der Waals surface area contributed by atoms with Gasteiger partial charge in [0.05, 0.1) is 12.1 Å². The first-order valence-electron chi connectivity index (χ1n) is 8.37. The number of aromatic nitrogens is 1. The van der Waals surface area contributed by atoms with Crippen LogP contribution in [-0.2, 0) is 13.1 Å². The van der Waals surface area contributed by atoms with Gasteiger partial charge in [-0.2, -0.15) is 0 Å². The molecule has 1 aromatic heterocycles. The summed E-state index contributed by atoms with van der Waals surface area (Å²) in [7, 11) is 0. The van der Waals surface area contributed by atoms with Gasteiger partial charge in [0.15, 0.2) is 5.58 Å². The van der Waals surface area contributed by atoms with Gasteiger partial charge in [-0.3, -0.25) is 9.36 Å². The molecule has 0 atom stereocenters. The maximum absolute atomic E-state index is 12.5. The minimum Gasteiger partial charge on any atom is -0.494 e. The smallest absolute Gasteiger partial charge is 0.420 e. The first-order valence-corrected chi connectivity index (χ1v) is 8.37. The second-order valence-corrected chi connectivity index (χ2v) is 5.67. The van der Waals surface area contributed by atoms with Crippen LogP contribution in [0.15, 0.2) is 64.3 Å². The van der Waals surface area contributed by atoms with Gasteiger partial charge in [-0.25, -0.2) is 4.79 Å². The van der Waals surface area contributed by atoms with Crippen LogP contribution in [0.3, 0.4) is 0 Å². The van der Waals surface area contributed by atoms with Crippen LogP contribution >= 0.6 is 0 Å². The Labute approximate surface area is 150 Å². The number of nitrogens with one attached hydrogen (secondary N) is 1. The van der Waals surface area contributed by atoms with Crippen molar-refractivity contribution in [2.45, 2.75) is 20.0 Å². The van der Waals surface area contributed by atoms with E-state index in [1.165, 1.54) is 4.57 Å². The number of para-hydroxylation sites is 1. The van der Waals surface area contributed by atoms with Gasteiger partial charge in [-0.1, -0.05) is 24.3 Å². The van der Waals surface area contributed by atoms with E-state index in [0.717, 1.165) is 11.3 Å². The van der Waals surface area contributed by atoms with E-state index in [2.05, 4.69) is 11.9 Å². The molecule has 3 rings (SSSR count). The normalized spacial score (nSPS) is 10.7. The molecule has 0 aliphatic rings. The summed E-state index contributed by atoms with van der Waals surface area (Å²) in [4.78, 5) is 24.4. The topological polar surface area (TPSA) is 73.5 Å². The highest BCUT2D eigenvalue weighted by Gasteiger charge is 2.13. The summed E-state index contributed by atoms with van der Waals surface area (Å²) >= 11 is 0. The number of rotatable bonds is 7. The molecular weight excluding hydrogens is 332 g/mol. The van der Waals surface area contributed by atoms with E-state index in [0.29, 0.717) is 36.4 Å². The zero-order chi connectivity index (χ0) is 18.5. The Kier molecular flexibility index (Phi) is 5.22. The zero-order valence-electron chi connectivity index (χ0n) is 14.5. The van der Waals surface area contributed by atoms with Crippen LogP contribution in [-0.4, -0.2) is 17.1 Å². The number of carbonyl (C=O) groups excluding carboxylic acids is 1. The molecule has 6 heteroatoms. The Morgan fingerprint density at radius 2 is 2.12 bits per heavy atom. The SMILES string of the molecule is C=CCn1c(=O)oc2ccc(C(=O)NCc3ccccc3OCC)cc21. The molecule has 0 saturated carbocycles. The van der Waals surface area contributed by atoms with Crippen LogP contribution in [0.25, 0.3) is 11.1 Å². The Hall–Kier alpha value is -3.28. The van der Waals surface area contributed by atoms with Crippen LogP contribution < -0.4 is 15.8 Å². The first kappa shape index (κ1) is 17.5. The molecule has 0 radical (unpaired) electrons. The zero-order valence-corrected chi connectivity index (χ0v) is 14.5. The minimum atomic E-state index is -0.469. The van der Waals surface area contributed by atoms with Gasteiger partial charge in [-0.15, -0.1) is 6.58 Å². The summed E-state index contributed by atoms with van der Waals surface area (Å²) in [6.07, 6.45) is 1.60. The molecular formula is C20H20N2O4. The average Bonchev–Trinajstić information content (AvgIpc) is 2.96. The highest BCUT2D eigenvalue weighted by Crippen LogP contribution is 2.19. The molecule has 2 aromatic carbocycles. The summed E-state index contributed by atoms with van der Waals surface area (Å²) in [5, 5.41) is 2.88. The first-order chi connectivity index (χ1) is 12.6. The monoisotopic (exact) mass is 352 g/mol. The van der Waals surface area contributed by atoms with Crippen LogP contribution in [0.4, 0.5) is 0 Å². The van der Waals surface area contributed by atoms with Gasteiger partial charge >= 0.3 is 5.76 Å². The van der Waals surface area contributed by atoms with Gasteiger partial charge in [0.2, 0.25) is 0 Å². The van der Waals surface area contributed by atoms with Crippen molar-refractivity contribution in [2.75, 3.05) is 6.61 Å². The largest absolute Gasteiger partial charge is 0.494 e. The molecule has 0 spiro atoms. The van der Waals surface area contributed by atoms with E-state index in [1.54, 1.807) is 24.3 Å². The molecule has 0 aliphatic heterocycles. The number of oxazole rings is 1. The predicted molar refractivity (Wildman–Crippen MR) is 99.5 cm³/mol. The van der Waals surface area contributed by atoms with Crippen molar-refractivity contribution >= 4 is 17.0 Å². The van der Waals surface area contributed by atoms with Crippen molar-refractivity contribution in [1.82, 2.24) is 9.88 Å². The lowest BCUT2D eigenvalue weighted by Gasteiger charge is -2.11. The summed E-state index contributed by atoms with van der Waals surface area (Å²) in [5.41, 5.74) is 2.35. The molecule has 0 saturated heterocycles. The van der Waals surface area contributed by atoms with Crippen LogP contribution in [0, 0.1) is 0 Å². The van der Waals surface area contributed by atoms with E-state index < -0.39 is 5.76 Å². The number of carbonyl (C=O) groups is 1. The highest BCUT2D eigenvalue weighted by molar-refractivity contribution is 5.97. The number of amides is 1. The molecule has 0 aliphatic carbocycles. The summed E-state index contributed by atoms with van der Waals surface area (Å²) in [5.74, 6) is 0.0421. The number of benzene rings is 2. The number of allylic oxidation sites excluding steroid dienone is 1. The maximum Gasteiger partial charge on any atom is 0.420 e. The molecule has 134 valence electrons. The second-order valence-electron chi connectivity index (χ2n) is 5.67. The van der Waals surface area contributed by atoms with Gasteiger partial charge in [0.25, 0.3) is 5.91 Å². The molecule has 1 heterocycles. The van der Waals surface area contributed by atoms with E-state index >= 15 is 0 Å². The standard InChI is InChI=1S/C20H20N2O4/c1-3-11-22-16-12-14(9-10-18(16)26-20(22)24)19(23)21-13-15-7-5-6-8-17(15)25-4-2/h3,5-10,12H,1,4,11,13H2,2H3,(H,21,23). The van der Waals surface area contributed by atoms with Crippen molar-refractivity contribution in [1.29, 1.82) is 0 Å². The fourth-order valence-electron chi connectivity index (χ4n) is 2.73. The van der Waals surface area contributed by atoms with E-state index in [4.69, 9.17) is 9.15 Å². The highest BCUT2D eigenvalue weighted by atomic mass is 16.5. The molecule has 0 unspecified atom stereocenters. The molecule has 0 fully saturated rings. The van der Waals surface area contributed by atoms with Crippen LogP contribution in [0.2, 0.25) is 0 Å². The van der Waals surface area contributed by atoms with E-state index in [-0.39, 0.29) is 5.91 Å². The predicted octanol–water partition coefficient (Wildman–Crippen LogP) is 3.11. The quantitative estimate of drug-likeness (QED) is 0.663. The molecule has 0 bridgehead atoms. The van der Waals surface area contributed by atoms with Crippen molar-refractivity contribution < 1.29 is 13.9 Å². The molecule has 1 amide bonds. The third kappa shape index (κ3) is 3.54. The van der Waals surface area contributed by atoms with Crippen molar-refractivity contribution in [2.24, 2.45) is 0 Å². The number of nitrogens with zero attached hydrogens (tertiary/aromatic N) is 1. The third-order valence-electron chi connectivity index (χ3n) is 3.95. The summed E-state index contributed by atoms with van der Waals surface area (Å²) in [6.45, 7) is 6.77. The number of hydrogen-bond donors (Lipinski definition) is 1. The number of hydrogen-bond acceptors (Lipinski definition) is 4. The third-order valence-corrected chi connectivity index (χ3v) is 3.95. The fourth-order valence-corrected chi connectivity index (χ4v) is 2.73. The summed E-state index contributed by atoms with van der Waals surface area (Å²) in [6, 6.07) is 12.5. The van der Waals surface area contributed by atoms with Crippen LogP contribution in [0.5, 0.6) is 5.75 Å². The molecule has 1 N–H and O–H groups in total. The van der Waals surface area contributed by atoms with Gasteiger partial charge in [0.1, 0.15) is 5.75 Å². The number of fused-ring (bicyclic) bond motifs is 1. The molecule has 3 aromatic rings. The van der Waals surface area contributed by atoms with E-state index in [9.17, 15) is 9.59 Å². The second kappa shape index (κ2) is 7.74. The Balaban J connectivity index is 1.81. The fraction of sp³-hybridized carbons (Fsp3) is 0.200. The molecule has 26 heavy (non-hydrogen) atoms. The Morgan fingerprint density at radius 1 is 1.31 bits per heavy atom. The van der Waals surface area contributed by atoms with Gasteiger partial charge in [-0.05, 0) is 31.2 Å². The van der Waals surface area contributed by atoms with Crippen molar-refractivity contribution in [3.05, 3.63) is 76.8 Å². The minimum absolute atomic E-state index is 0.239. The Morgan fingerprint density at radius 3 is 2.88 bits per heavy atom.